The van der Waals surface area contributed by atoms with Crippen molar-refractivity contribution >= 4 is 41.3 Å². The molecule has 420 valence electrons. The molecule has 1 amide bonds. The molecule has 3 saturated heterocycles. The van der Waals surface area contributed by atoms with Gasteiger partial charge < -0.3 is 46.8 Å². The number of aryl methyl sites for hydroxylation is 4. The van der Waals surface area contributed by atoms with Gasteiger partial charge in [0.05, 0.1) is 6.54 Å². The number of carboxylic acid groups (broad SMARTS) is 3. The molecule has 0 saturated carbocycles. The molecule has 0 bridgehead atoms. The average molecular weight is 1060 g/mol. The molecular formula is C58H86N12O7. The van der Waals surface area contributed by atoms with Gasteiger partial charge in [-0.2, -0.15) is 0 Å². The summed E-state index contributed by atoms with van der Waals surface area (Å²) in [5.41, 5.74) is 7.13. The number of carbonyl (C=O) groups excluding carboxylic acids is 1. The van der Waals surface area contributed by atoms with E-state index in [9.17, 15) is 29.4 Å². The summed E-state index contributed by atoms with van der Waals surface area (Å²) >= 11 is 0. The van der Waals surface area contributed by atoms with E-state index in [-0.39, 0.29) is 30.8 Å². The Hall–Kier alpha value is -5.47. The van der Waals surface area contributed by atoms with Crippen LogP contribution in [0.2, 0.25) is 0 Å². The zero-order valence-corrected chi connectivity index (χ0v) is 45.5. The number of pyridine rings is 3. The fraction of sp³-hybridized carbons (Fsp3) is 0.672. The predicted octanol–water partition coefficient (Wildman–Crippen LogP) is 5.28. The maximum absolute atomic E-state index is 13.1. The molecular weight excluding hydrogens is 977 g/mol. The second kappa shape index (κ2) is 27.4. The number of hydrogen-bond donors (Lipinski definition) is 8. The summed E-state index contributed by atoms with van der Waals surface area (Å²) in [7, 11) is 1.88. The number of aliphatic carboxylic acids is 3. The lowest BCUT2D eigenvalue weighted by Crippen LogP contribution is -2.64. The second-order valence-electron chi connectivity index (χ2n) is 22.9. The molecule has 9 heterocycles. The van der Waals surface area contributed by atoms with Crippen LogP contribution in [0, 0.1) is 5.92 Å². The van der Waals surface area contributed by atoms with Crippen molar-refractivity contribution in [3.05, 3.63) is 70.2 Å². The summed E-state index contributed by atoms with van der Waals surface area (Å²) < 4.78 is 0. The first-order valence-corrected chi connectivity index (χ1v) is 29.3. The SMILES string of the molecule is CN(CCCc1ccc2c(n1)NCCC2C1CCNc2nc(CCCCCNC3CN(C(CC(C(=O)O)N4CCC(NCCCCc5ccc6c(n5)NCCC6)CC4)C(=O)O)C3)ccc21)C(=O)C1CCN(CC(=O)O)CC1. The van der Waals surface area contributed by atoms with E-state index < -0.39 is 30.0 Å². The standard InChI is InChI=1S/C58H86N12O7/c1-67(56(73)40-21-31-68(32-22-40)38-52(71)72)30-8-12-44-16-18-49-47(20-29-63-55(49)66-44)46-19-28-62-54-48(46)17-15-43(65-54)10-3-2-5-25-60-45-36-70(37-45)51(58(76)77)35-50(57(74)75)69-33-23-41(24-34-69)59-26-6-4-11-42-14-13-39-9-7-27-61-53(39)64-42/h13-18,40-41,45-47,50-51,59-60H,2-12,19-38H2,1H3,(H,61,64)(H,62,65)(H,63,66)(H,71,72)(H,74,75)(H,76,77). The quantitative estimate of drug-likeness (QED) is 0.0454. The predicted molar refractivity (Wildman–Crippen MR) is 298 cm³/mol. The lowest BCUT2D eigenvalue weighted by molar-refractivity contribution is -0.150. The number of piperidine rings is 2. The molecule has 77 heavy (non-hydrogen) atoms. The zero-order valence-electron chi connectivity index (χ0n) is 45.5. The van der Waals surface area contributed by atoms with Crippen molar-refractivity contribution in [1.82, 2.24) is 45.2 Å². The summed E-state index contributed by atoms with van der Waals surface area (Å²) in [5, 5.41) is 47.5. The minimum absolute atomic E-state index is 0.0355. The highest BCUT2D eigenvalue weighted by Crippen LogP contribution is 2.46. The molecule has 3 aromatic rings. The molecule has 3 fully saturated rings. The number of carboxylic acids is 3. The fourth-order valence-electron chi connectivity index (χ4n) is 13.0. The minimum atomic E-state index is -0.951. The van der Waals surface area contributed by atoms with E-state index >= 15 is 0 Å². The van der Waals surface area contributed by atoms with Crippen molar-refractivity contribution in [2.75, 3.05) is 108 Å². The van der Waals surface area contributed by atoms with Crippen molar-refractivity contribution < 1.29 is 34.5 Å². The Morgan fingerprint density at radius 1 is 0.623 bits per heavy atom. The van der Waals surface area contributed by atoms with Crippen molar-refractivity contribution in [1.29, 1.82) is 0 Å². The first-order chi connectivity index (χ1) is 37.4. The Morgan fingerprint density at radius 2 is 1.17 bits per heavy atom. The number of amides is 1. The molecule has 3 aromatic heterocycles. The molecule has 4 atom stereocenters. The van der Waals surface area contributed by atoms with E-state index in [4.69, 9.17) is 20.1 Å². The van der Waals surface area contributed by atoms with Crippen LogP contribution in [-0.4, -0.2) is 190 Å². The van der Waals surface area contributed by atoms with E-state index in [2.05, 4.69) is 63.0 Å². The average Bonchev–Trinajstić information content (AvgIpc) is 3.43. The molecule has 19 nitrogen and oxygen atoms in total. The zero-order chi connectivity index (χ0) is 53.7. The number of anilines is 3. The number of likely N-dealkylation sites (tertiary alicyclic amines) is 3. The highest BCUT2D eigenvalue weighted by molar-refractivity contribution is 5.79. The number of rotatable bonds is 27. The van der Waals surface area contributed by atoms with Gasteiger partial charge in [0.1, 0.15) is 29.5 Å². The van der Waals surface area contributed by atoms with E-state index in [0.717, 1.165) is 164 Å². The molecule has 6 aliphatic rings. The smallest absolute Gasteiger partial charge is 0.320 e. The van der Waals surface area contributed by atoms with Gasteiger partial charge >= 0.3 is 17.9 Å². The van der Waals surface area contributed by atoms with Crippen LogP contribution >= 0.6 is 0 Å². The Balaban J connectivity index is 0.643. The van der Waals surface area contributed by atoms with E-state index in [0.29, 0.717) is 76.5 Å². The van der Waals surface area contributed by atoms with Crippen LogP contribution in [-0.2, 0) is 44.9 Å². The third-order valence-corrected chi connectivity index (χ3v) is 17.5. The first-order valence-electron chi connectivity index (χ1n) is 29.3. The monoisotopic (exact) mass is 1060 g/mol. The van der Waals surface area contributed by atoms with Gasteiger partial charge in [0.15, 0.2) is 0 Å². The van der Waals surface area contributed by atoms with Crippen molar-refractivity contribution in [2.24, 2.45) is 5.92 Å². The summed E-state index contributed by atoms with van der Waals surface area (Å²) in [6.45, 7) is 9.00. The van der Waals surface area contributed by atoms with Gasteiger partial charge in [0.2, 0.25) is 5.91 Å². The molecule has 4 unspecified atom stereocenters. The van der Waals surface area contributed by atoms with E-state index in [1.165, 1.54) is 16.7 Å². The summed E-state index contributed by atoms with van der Waals surface area (Å²) in [6.07, 6.45) is 16.2. The molecule has 0 spiro atoms. The maximum atomic E-state index is 13.1. The molecule has 0 aliphatic carbocycles. The van der Waals surface area contributed by atoms with Gasteiger partial charge in [0.25, 0.3) is 0 Å². The number of carbonyl (C=O) groups is 4. The molecule has 0 radical (unpaired) electrons. The second-order valence-corrected chi connectivity index (χ2v) is 22.9. The normalized spacial score (nSPS) is 21.3. The highest BCUT2D eigenvalue weighted by atomic mass is 16.4. The van der Waals surface area contributed by atoms with Crippen molar-refractivity contribution in [3.63, 3.8) is 0 Å². The lowest BCUT2D eigenvalue weighted by Gasteiger charge is -2.45. The topological polar surface area (TPSA) is 241 Å². The van der Waals surface area contributed by atoms with Crippen molar-refractivity contribution in [2.45, 2.75) is 152 Å². The van der Waals surface area contributed by atoms with E-state index in [1.807, 2.05) is 26.6 Å². The molecule has 6 aliphatic heterocycles. The van der Waals surface area contributed by atoms with Crippen LogP contribution in [0.3, 0.4) is 0 Å². The molecule has 0 aromatic carbocycles. The summed E-state index contributed by atoms with van der Waals surface area (Å²) in [5.74, 6) is 1.13. The van der Waals surface area contributed by atoms with Crippen LogP contribution < -0.4 is 26.6 Å². The van der Waals surface area contributed by atoms with Gasteiger partial charge in [-0.3, -0.25) is 33.9 Å². The van der Waals surface area contributed by atoms with Crippen LogP contribution in [0.5, 0.6) is 0 Å². The molecule has 9 rings (SSSR count). The highest BCUT2D eigenvalue weighted by Gasteiger charge is 2.41. The summed E-state index contributed by atoms with van der Waals surface area (Å²) in [4.78, 5) is 72.0. The Morgan fingerprint density at radius 3 is 1.79 bits per heavy atom. The fourth-order valence-corrected chi connectivity index (χ4v) is 13.0. The van der Waals surface area contributed by atoms with Gasteiger partial charge in [-0.25, -0.2) is 15.0 Å². The Kier molecular flexibility index (Phi) is 20.0. The number of nitrogens with zero attached hydrogens (tertiary/aromatic N) is 7. The third kappa shape index (κ3) is 15.2. The summed E-state index contributed by atoms with van der Waals surface area (Å²) in [6, 6.07) is 12.2. The number of hydrogen-bond acceptors (Lipinski definition) is 15. The third-order valence-electron chi connectivity index (χ3n) is 17.5. The number of aromatic nitrogens is 3. The number of fused-ring (bicyclic) bond motifs is 3. The van der Waals surface area contributed by atoms with E-state index in [1.54, 1.807) is 0 Å². The van der Waals surface area contributed by atoms with Gasteiger partial charge in [0, 0.05) is 94.5 Å². The van der Waals surface area contributed by atoms with Crippen LogP contribution in [0.15, 0.2) is 36.4 Å². The van der Waals surface area contributed by atoms with Crippen LogP contribution in [0.25, 0.3) is 0 Å². The van der Waals surface area contributed by atoms with Crippen molar-refractivity contribution in [3.8, 4) is 0 Å². The van der Waals surface area contributed by atoms with Crippen LogP contribution in [0.4, 0.5) is 17.5 Å². The maximum Gasteiger partial charge on any atom is 0.320 e. The molecule has 8 N–H and O–H groups in total. The van der Waals surface area contributed by atoms with Gasteiger partial charge in [-0.15, -0.1) is 0 Å². The largest absolute Gasteiger partial charge is 0.480 e. The molecule has 19 heteroatoms. The van der Waals surface area contributed by atoms with Gasteiger partial charge in [-0.1, -0.05) is 24.6 Å². The minimum Gasteiger partial charge on any atom is -0.480 e. The number of unbranched alkanes of at least 4 members (excludes halogenated alkanes) is 3. The first kappa shape index (κ1) is 56.3. The Labute approximate surface area is 455 Å². The number of nitrogens with one attached hydrogen (secondary N) is 5. The van der Waals surface area contributed by atoms with Crippen LogP contribution in [0.1, 0.15) is 135 Å². The van der Waals surface area contributed by atoms with Gasteiger partial charge in [-0.05, 0) is 182 Å². The lowest BCUT2D eigenvalue weighted by atomic mass is 9.75. The Bertz CT molecular complexity index is 2460.